The second-order valence-electron chi connectivity index (χ2n) is 3.65. The molecule has 0 saturated heterocycles. The zero-order valence-corrected chi connectivity index (χ0v) is 10.1. The minimum absolute atomic E-state index is 0.620. The maximum atomic E-state index is 5.72. The summed E-state index contributed by atoms with van der Waals surface area (Å²) in [5.74, 6) is 0. The van der Waals surface area contributed by atoms with E-state index in [4.69, 9.17) is 11.5 Å². The van der Waals surface area contributed by atoms with Crippen LogP contribution in [0.25, 0.3) is 11.3 Å². The summed E-state index contributed by atoms with van der Waals surface area (Å²) in [6.45, 7) is 2.69. The molecule has 2 rings (SSSR count). The number of aromatic nitrogens is 1. The third-order valence-corrected chi connectivity index (χ3v) is 3.30. The van der Waals surface area contributed by atoms with E-state index in [0.29, 0.717) is 11.7 Å². The molecule has 4 N–H and O–H groups in total. The van der Waals surface area contributed by atoms with Crippen molar-refractivity contribution in [2.75, 3.05) is 12.3 Å². The Bertz CT molecular complexity index is 491. The average molecular weight is 233 g/mol. The maximum absolute atomic E-state index is 5.72. The van der Waals surface area contributed by atoms with Gasteiger partial charge in [0.1, 0.15) is 0 Å². The number of thiazole rings is 1. The Morgan fingerprint density at radius 1 is 1.31 bits per heavy atom. The van der Waals surface area contributed by atoms with Gasteiger partial charge in [-0.3, -0.25) is 0 Å². The normalized spacial score (nSPS) is 10.6. The minimum atomic E-state index is 0.620. The van der Waals surface area contributed by atoms with Crippen molar-refractivity contribution in [3.05, 3.63) is 34.7 Å². The van der Waals surface area contributed by atoms with Crippen LogP contribution in [-0.2, 0) is 6.42 Å². The summed E-state index contributed by atoms with van der Waals surface area (Å²) >= 11 is 1.53. The van der Waals surface area contributed by atoms with E-state index in [-0.39, 0.29) is 0 Å². The lowest BCUT2D eigenvalue weighted by atomic mass is 10.0. The Morgan fingerprint density at radius 3 is 2.69 bits per heavy atom. The van der Waals surface area contributed by atoms with E-state index in [9.17, 15) is 0 Å². The van der Waals surface area contributed by atoms with E-state index >= 15 is 0 Å². The molecule has 0 aliphatic rings. The van der Waals surface area contributed by atoms with Crippen LogP contribution in [0, 0.1) is 6.92 Å². The number of nitrogen functional groups attached to an aromatic ring is 1. The van der Waals surface area contributed by atoms with E-state index in [1.165, 1.54) is 16.9 Å². The van der Waals surface area contributed by atoms with Gasteiger partial charge in [0.25, 0.3) is 0 Å². The van der Waals surface area contributed by atoms with Gasteiger partial charge in [-0.25, -0.2) is 4.98 Å². The number of rotatable bonds is 3. The van der Waals surface area contributed by atoms with Crippen LogP contribution in [-0.4, -0.2) is 11.5 Å². The predicted octanol–water partition coefficient (Wildman–Crippen LogP) is 2.20. The Morgan fingerprint density at radius 2 is 2.06 bits per heavy atom. The zero-order chi connectivity index (χ0) is 11.5. The Kier molecular flexibility index (Phi) is 3.22. The fraction of sp³-hybridized carbons (Fsp3) is 0.250. The van der Waals surface area contributed by atoms with E-state index in [0.717, 1.165) is 22.6 Å². The minimum Gasteiger partial charge on any atom is -0.375 e. The number of nitrogens with two attached hydrogens (primary N) is 2. The Hall–Kier alpha value is -1.39. The number of nitrogens with zero attached hydrogens (tertiary/aromatic N) is 1. The van der Waals surface area contributed by atoms with Crippen LogP contribution in [0.1, 0.15) is 10.4 Å². The van der Waals surface area contributed by atoms with E-state index in [1.807, 2.05) is 19.1 Å². The fourth-order valence-electron chi connectivity index (χ4n) is 1.79. The largest absolute Gasteiger partial charge is 0.375 e. The number of benzene rings is 1. The van der Waals surface area contributed by atoms with E-state index in [1.54, 1.807) is 0 Å². The molecule has 4 heteroatoms. The van der Waals surface area contributed by atoms with Crippen LogP contribution in [0.15, 0.2) is 24.3 Å². The summed E-state index contributed by atoms with van der Waals surface area (Å²) in [7, 11) is 0. The molecule has 16 heavy (non-hydrogen) atoms. The highest BCUT2D eigenvalue weighted by molar-refractivity contribution is 7.15. The quantitative estimate of drug-likeness (QED) is 0.854. The average Bonchev–Trinajstić information content (AvgIpc) is 2.59. The second-order valence-corrected chi connectivity index (χ2v) is 4.89. The van der Waals surface area contributed by atoms with Gasteiger partial charge in [0.2, 0.25) is 0 Å². The van der Waals surface area contributed by atoms with Crippen LogP contribution in [0.4, 0.5) is 5.13 Å². The van der Waals surface area contributed by atoms with Gasteiger partial charge in [0.15, 0.2) is 5.13 Å². The number of aryl methyl sites for hydroxylation is 1. The third-order valence-electron chi connectivity index (χ3n) is 2.50. The summed E-state index contributed by atoms with van der Waals surface area (Å²) in [5.41, 5.74) is 14.7. The lowest BCUT2D eigenvalue weighted by molar-refractivity contribution is 0.969. The molecule has 1 aromatic carbocycles. The van der Waals surface area contributed by atoms with Crippen molar-refractivity contribution >= 4 is 16.5 Å². The van der Waals surface area contributed by atoms with Crippen LogP contribution in [0.2, 0.25) is 0 Å². The first kappa shape index (κ1) is 11.1. The van der Waals surface area contributed by atoms with E-state index in [2.05, 4.69) is 17.1 Å². The first-order valence-corrected chi connectivity index (χ1v) is 6.05. The number of hydrogen-bond donors (Lipinski definition) is 2. The van der Waals surface area contributed by atoms with Crippen LogP contribution < -0.4 is 11.5 Å². The zero-order valence-electron chi connectivity index (χ0n) is 9.23. The van der Waals surface area contributed by atoms with Gasteiger partial charge >= 0.3 is 0 Å². The van der Waals surface area contributed by atoms with Crippen molar-refractivity contribution in [2.24, 2.45) is 5.73 Å². The SMILES string of the molecule is Cc1sc(N)nc1-c1ccccc1CCN. The molecule has 3 nitrogen and oxygen atoms in total. The van der Waals surface area contributed by atoms with Gasteiger partial charge in [0.05, 0.1) is 5.69 Å². The molecule has 0 atom stereocenters. The summed E-state index contributed by atoms with van der Waals surface area (Å²) in [5, 5.41) is 0.620. The molecule has 0 aliphatic heterocycles. The first-order valence-electron chi connectivity index (χ1n) is 5.23. The smallest absolute Gasteiger partial charge is 0.180 e. The van der Waals surface area contributed by atoms with Crippen LogP contribution in [0.3, 0.4) is 0 Å². The summed E-state index contributed by atoms with van der Waals surface area (Å²) in [4.78, 5) is 5.53. The van der Waals surface area contributed by atoms with Crippen molar-refractivity contribution in [1.29, 1.82) is 0 Å². The van der Waals surface area contributed by atoms with E-state index < -0.39 is 0 Å². The van der Waals surface area contributed by atoms with Gasteiger partial charge in [-0.2, -0.15) is 0 Å². The molecular weight excluding hydrogens is 218 g/mol. The Balaban J connectivity index is 2.50. The molecule has 0 fully saturated rings. The molecule has 0 spiro atoms. The number of anilines is 1. The molecular formula is C12H15N3S. The van der Waals surface area contributed by atoms with Gasteiger partial charge in [-0.1, -0.05) is 24.3 Å². The van der Waals surface area contributed by atoms with Crippen molar-refractivity contribution in [3.63, 3.8) is 0 Å². The molecule has 1 aromatic heterocycles. The van der Waals surface area contributed by atoms with Crippen molar-refractivity contribution in [3.8, 4) is 11.3 Å². The second kappa shape index (κ2) is 4.63. The molecule has 0 unspecified atom stereocenters. The lowest BCUT2D eigenvalue weighted by Crippen LogP contribution is -2.04. The van der Waals surface area contributed by atoms with Gasteiger partial charge in [0, 0.05) is 10.4 Å². The Labute approximate surface area is 99.1 Å². The highest BCUT2D eigenvalue weighted by atomic mass is 32.1. The topological polar surface area (TPSA) is 64.9 Å². The van der Waals surface area contributed by atoms with Gasteiger partial charge in [-0.15, -0.1) is 11.3 Å². The molecule has 0 radical (unpaired) electrons. The van der Waals surface area contributed by atoms with Crippen molar-refractivity contribution in [1.82, 2.24) is 4.98 Å². The molecule has 84 valence electrons. The lowest BCUT2D eigenvalue weighted by Gasteiger charge is -2.06. The summed E-state index contributed by atoms with van der Waals surface area (Å²) in [6, 6.07) is 8.22. The molecule has 0 bridgehead atoms. The number of hydrogen-bond acceptors (Lipinski definition) is 4. The monoisotopic (exact) mass is 233 g/mol. The predicted molar refractivity (Wildman–Crippen MR) is 69.5 cm³/mol. The highest BCUT2D eigenvalue weighted by Gasteiger charge is 2.11. The van der Waals surface area contributed by atoms with Gasteiger partial charge in [-0.05, 0) is 25.5 Å². The standard InChI is InChI=1S/C12H15N3S/c1-8-11(15-12(14)16-8)10-5-3-2-4-9(10)6-7-13/h2-5H,6-7,13H2,1H3,(H2,14,15). The molecule has 2 aromatic rings. The van der Waals surface area contributed by atoms with Gasteiger partial charge < -0.3 is 11.5 Å². The van der Waals surface area contributed by atoms with Crippen LogP contribution in [0.5, 0.6) is 0 Å². The molecule has 1 heterocycles. The fourth-order valence-corrected chi connectivity index (χ4v) is 2.49. The summed E-state index contributed by atoms with van der Waals surface area (Å²) < 4.78 is 0. The van der Waals surface area contributed by atoms with Crippen molar-refractivity contribution < 1.29 is 0 Å². The summed E-state index contributed by atoms with van der Waals surface area (Å²) in [6.07, 6.45) is 0.868. The molecule has 0 amide bonds. The van der Waals surface area contributed by atoms with Crippen LogP contribution >= 0.6 is 11.3 Å². The van der Waals surface area contributed by atoms with Crippen molar-refractivity contribution in [2.45, 2.75) is 13.3 Å². The first-order chi connectivity index (χ1) is 7.72. The molecule has 0 aliphatic carbocycles. The third kappa shape index (κ3) is 2.08. The maximum Gasteiger partial charge on any atom is 0.180 e. The molecule has 0 saturated carbocycles. The highest BCUT2D eigenvalue weighted by Crippen LogP contribution is 2.31.